The van der Waals surface area contributed by atoms with E-state index < -0.39 is 11.8 Å². The number of aromatic carboxylic acids is 1. The van der Waals surface area contributed by atoms with Gasteiger partial charge in [-0.3, -0.25) is 0 Å². The Morgan fingerprint density at radius 3 is 2.86 bits per heavy atom. The van der Waals surface area contributed by atoms with E-state index in [1.54, 1.807) is 6.07 Å². The number of carboxylic acid groups (broad SMARTS) is 1. The number of phenols is 1. The monoisotopic (exact) mass is 289 g/mol. The molecule has 1 aliphatic heterocycles. The Bertz CT molecular complexity index is 717. The van der Waals surface area contributed by atoms with Gasteiger partial charge < -0.3 is 20.3 Å². The number of anilines is 1. The number of carboxylic acids is 1. The van der Waals surface area contributed by atoms with E-state index in [1.165, 1.54) is 24.3 Å². The van der Waals surface area contributed by atoms with Gasteiger partial charge in [0.1, 0.15) is 23.9 Å². The van der Waals surface area contributed by atoms with Gasteiger partial charge in [0.25, 0.3) is 0 Å². The van der Waals surface area contributed by atoms with Crippen LogP contribution < -0.4 is 10.1 Å². The van der Waals surface area contributed by atoms with Crippen molar-refractivity contribution in [3.8, 4) is 11.5 Å². The highest BCUT2D eigenvalue weighted by Crippen LogP contribution is 2.37. The molecule has 108 valence electrons. The van der Waals surface area contributed by atoms with E-state index in [1.807, 2.05) is 0 Å². The minimum Gasteiger partial charge on any atom is -0.508 e. The fourth-order valence-electron chi connectivity index (χ4n) is 2.27. The van der Waals surface area contributed by atoms with Gasteiger partial charge in [-0.05, 0) is 30.3 Å². The number of halogens is 1. The standard InChI is InChI=1S/C15H12FNO4/c16-11-4-1-8(15(19)20)5-12(11)17-13-7-21-14-6-9(18)2-3-10(13)14/h1-6,13,17-18H,7H2,(H,19,20). The highest BCUT2D eigenvalue weighted by atomic mass is 19.1. The fourth-order valence-corrected chi connectivity index (χ4v) is 2.27. The van der Waals surface area contributed by atoms with Crippen LogP contribution in [0.25, 0.3) is 0 Å². The van der Waals surface area contributed by atoms with Gasteiger partial charge in [-0.2, -0.15) is 0 Å². The summed E-state index contributed by atoms with van der Waals surface area (Å²) in [7, 11) is 0. The Morgan fingerprint density at radius 1 is 1.29 bits per heavy atom. The molecule has 1 heterocycles. The number of hydrogen-bond donors (Lipinski definition) is 3. The zero-order valence-corrected chi connectivity index (χ0v) is 10.8. The third-order valence-corrected chi connectivity index (χ3v) is 3.32. The molecule has 1 aliphatic rings. The second kappa shape index (κ2) is 4.97. The third kappa shape index (κ3) is 2.47. The minimum absolute atomic E-state index is 0.00347. The molecule has 2 aromatic carbocycles. The van der Waals surface area contributed by atoms with E-state index in [-0.39, 0.29) is 29.6 Å². The Labute approximate surface area is 119 Å². The maximum Gasteiger partial charge on any atom is 0.335 e. The summed E-state index contributed by atoms with van der Waals surface area (Å²) < 4.78 is 19.2. The molecule has 0 spiro atoms. The number of hydrogen-bond acceptors (Lipinski definition) is 4. The highest BCUT2D eigenvalue weighted by molar-refractivity contribution is 5.88. The minimum atomic E-state index is -1.12. The van der Waals surface area contributed by atoms with Crippen LogP contribution in [0.4, 0.5) is 10.1 Å². The summed E-state index contributed by atoms with van der Waals surface area (Å²) in [5, 5.41) is 21.3. The van der Waals surface area contributed by atoms with Crippen LogP contribution in [-0.4, -0.2) is 22.8 Å². The van der Waals surface area contributed by atoms with Crippen LogP contribution in [0.15, 0.2) is 36.4 Å². The zero-order chi connectivity index (χ0) is 15.0. The first-order chi connectivity index (χ1) is 10.0. The lowest BCUT2D eigenvalue weighted by Gasteiger charge is -2.14. The predicted molar refractivity (Wildman–Crippen MR) is 73.3 cm³/mol. The van der Waals surface area contributed by atoms with Crippen molar-refractivity contribution in [2.75, 3.05) is 11.9 Å². The summed E-state index contributed by atoms with van der Waals surface area (Å²) in [6, 6.07) is 7.95. The molecule has 6 heteroatoms. The van der Waals surface area contributed by atoms with Crippen molar-refractivity contribution < 1.29 is 24.1 Å². The average molecular weight is 289 g/mol. The fraction of sp³-hybridized carbons (Fsp3) is 0.133. The SMILES string of the molecule is O=C(O)c1ccc(F)c(NC2COc3cc(O)ccc32)c1. The molecule has 0 saturated carbocycles. The maximum atomic E-state index is 13.8. The van der Waals surface area contributed by atoms with Crippen LogP contribution in [0.5, 0.6) is 11.5 Å². The molecule has 2 aromatic rings. The Kier molecular flexibility index (Phi) is 3.13. The van der Waals surface area contributed by atoms with Crippen molar-refractivity contribution in [3.63, 3.8) is 0 Å². The van der Waals surface area contributed by atoms with E-state index in [9.17, 15) is 14.3 Å². The molecular weight excluding hydrogens is 277 g/mol. The summed E-state index contributed by atoms with van der Waals surface area (Å²) in [5.74, 6) is -1.03. The molecule has 0 radical (unpaired) electrons. The normalized spacial score (nSPS) is 16.1. The van der Waals surface area contributed by atoms with E-state index >= 15 is 0 Å². The number of benzene rings is 2. The second-order valence-electron chi connectivity index (χ2n) is 4.73. The molecule has 1 unspecified atom stereocenters. The topological polar surface area (TPSA) is 78.8 Å². The smallest absolute Gasteiger partial charge is 0.335 e. The Balaban J connectivity index is 1.89. The Morgan fingerprint density at radius 2 is 2.10 bits per heavy atom. The van der Waals surface area contributed by atoms with Crippen molar-refractivity contribution >= 4 is 11.7 Å². The van der Waals surface area contributed by atoms with Crippen LogP contribution >= 0.6 is 0 Å². The number of rotatable bonds is 3. The van der Waals surface area contributed by atoms with Gasteiger partial charge in [0, 0.05) is 11.6 Å². The Hall–Kier alpha value is -2.76. The number of ether oxygens (including phenoxy) is 1. The van der Waals surface area contributed by atoms with Gasteiger partial charge in [-0.15, -0.1) is 0 Å². The molecule has 0 amide bonds. The van der Waals surface area contributed by atoms with Crippen LogP contribution in [0, 0.1) is 5.82 Å². The van der Waals surface area contributed by atoms with Crippen molar-refractivity contribution in [3.05, 3.63) is 53.3 Å². The van der Waals surface area contributed by atoms with Crippen LogP contribution in [-0.2, 0) is 0 Å². The number of nitrogens with one attached hydrogen (secondary N) is 1. The van der Waals surface area contributed by atoms with Crippen molar-refractivity contribution in [1.29, 1.82) is 0 Å². The predicted octanol–water partition coefficient (Wildman–Crippen LogP) is 2.78. The summed E-state index contributed by atoms with van der Waals surface area (Å²) in [4.78, 5) is 10.9. The van der Waals surface area contributed by atoms with E-state index in [4.69, 9.17) is 9.84 Å². The molecular formula is C15H12FNO4. The molecule has 0 saturated heterocycles. The van der Waals surface area contributed by atoms with Gasteiger partial charge in [-0.1, -0.05) is 0 Å². The summed E-state index contributed by atoms with van der Waals surface area (Å²) in [5.41, 5.74) is 0.890. The summed E-state index contributed by atoms with van der Waals surface area (Å²) >= 11 is 0. The molecule has 0 aliphatic carbocycles. The molecule has 3 rings (SSSR count). The van der Waals surface area contributed by atoms with E-state index in [2.05, 4.69) is 5.32 Å². The number of aromatic hydroxyl groups is 1. The van der Waals surface area contributed by atoms with Crippen LogP contribution in [0.1, 0.15) is 22.0 Å². The molecule has 0 fully saturated rings. The molecule has 0 bridgehead atoms. The zero-order valence-electron chi connectivity index (χ0n) is 10.8. The first kappa shape index (κ1) is 13.2. The van der Waals surface area contributed by atoms with Gasteiger partial charge in [0.15, 0.2) is 0 Å². The van der Waals surface area contributed by atoms with Crippen molar-refractivity contribution in [1.82, 2.24) is 0 Å². The second-order valence-corrected chi connectivity index (χ2v) is 4.73. The number of carbonyl (C=O) groups is 1. The van der Waals surface area contributed by atoms with Gasteiger partial charge in [-0.25, -0.2) is 9.18 Å². The highest BCUT2D eigenvalue weighted by Gasteiger charge is 2.25. The number of fused-ring (bicyclic) bond motifs is 1. The lowest BCUT2D eigenvalue weighted by molar-refractivity contribution is 0.0697. The summed E-state index contributed by atoms with van der Waals surface area (Å²) in [6.07, 6.45) is 0. The van der Waals surface area contributed by atoms with Gasteiger partial charge in [0.05, 0.1) is 17.3 Å². The quantitative estimate of drug-likeness (QED) is 0.809. The molecule has 5 nitrogen and oxygen atoms in total. The van der Waals surface area contributed by atoms with Crippen LogP contribution in [0.2, 0.25) is 0 Å². The molecule has 1 atom stereocenters. The van der Waals surface area contributed by atoms with Crippen molar-refractivity contribution in [2.45, 2.75) is 6.04 Å². The van der Waals surface area contributed by atoms with Crippen molar-refractivity contribution in [2.24, 2.45) is 0 Å². The lowest BCUT2D eigenvalue weighted by atomic mass is 10.1. The van der Waals surface area contributed by atoms with E-state index in [0.29, 0.717) is 5.75 Å². The van der Waals surface area contributed by atoms with E-state index in [0.717, 1.165) is 11.6 Å². The van der Waals surface area contributed by atoms with Gasteiger partial charge >= 0.3 is 5.97 Å². The molecule has 21 heavy (non-hydrogen) atoms. The molecule has 3 N–H and O–H groups in total. The average Bonchev–Trinajstić information content (AvgIpc) is 2.83. The lowest BCUT2D eigenvalue weighted by Crippen LogP contribution is -2.13. The van der Waals surface area contributed by atoms with Crippen LogP contribution in [0.3, 0.4) is 0 Å². The maximum absolute atomic E-state index is 13.8. The molecule has 0 aromatic heterocycles. The third-order valence-electron chi connectivity index (χ3n) is 3.32. The van der Waals surface area contributed by atoms with Gasteiger partial charge in [0.2, 0.25) is 0 Å². The number of phenolic OH excluding ortho intramolecular Hbond substituents is 1. The summed E-state index contributed by atoms with van der Waals surface area (Å²) in [6.45, 7) is 0.273. The first-order valence-electron chi connectivity index (χ1n) is 6.29. The first-order valence-corrected chi connectivity index (χ1v) is 6.29. The largest absolute Gasteiger partial charge is 0.508 e.